The van der Waals surface area contributed by atoms with Crippen molar-refractivity contribution in [2.45, 2.75) is 30.3 Å². The van der Waals surface area contributed by atoms with Crippen molar-refractivity contribution in [2.75, 3.05) is 0 Å². The van der Waals surface area contributed by atoms with E-state index in [1.165, 1.54) is 24.3 Å². The molecule has 5 nitrogen and oxygen atoms in total. The fraction of sp³-hybridized carbons (Fsp3) is 0.182. The van der Waals surface area contributed by atoms with Gasteiger partial charge in [0.05, 0.1) is 0 Å². The highest BCUT2D eigenvalue weighted by Gasteiger charge is 2.51. The zero-order chi connectivity index (χ0) is 19.9. The normalized spacial score (nSPS) is 20.0. The number of fused-ring (bicyclic) bond motifs is 1. The molecule has 2 N–H and O–H groups in total. The second-order valence-corrected chi connectivity index (χ2v) is 8.37. The van der Waals surface area contributed by atoms with E-state index in [4.69, 9.17) is 4.18 Å². The van der Waals surface area contributed by atoms with E-state index in [1.54, 1.807) is 42.5 Å². The van der Waals surface area contributed by atoms with Crippen molar-refractivity contribution in [3.8, 4) is 11.5 Å². The summed E-state index contributed by atoms with van der Waals surface area (Å²) in [6, 6.07) is 18.0. The number of aromatic hydroxyl groups is 2. The predicted molar refractivity (Wildman–Crippen MR) is 105 cm³/mol. The Balaban J connectivity index is 2.11. The number of aryl methyl sites for hydroxylation is 1. The zero-order valence-electron chi connectivity index (χ0n) is 15.3. The molecule has 3 aromatic carbocycles. The first kappa shape index (κ1) is 18.5. The Hall–Kier alpha value is -2.83. The molecule has 28 heavy (non-hydrogen) atoms. The molecule has 1 heterocycles. The third kappa shape index (κ3) is 2.77. The van der Waals surface area contributed by atoms with Crippen LogP contribution in [0.15, 0.2) is 71.6 Å². The first-order valence-corrected chi connectivity index (χ1v) is 10.5. The molecule has 0 saturated carbocycles. The lowest BCUT2D eigenvalue weighted by Crippen LogP contribution is -2.31. The second-order valence-electron chi connectivity index (χ2n) is 6.85. The predicted octanol–water partition coefficient (Wildman–Crippen LogP) is 4.06. The van der Waals surface area contributed by atoms with E-state index in [2.05, 4.69) is 0 Å². The Labute approximate surface area is 164 Å². The summed E-state index contributed by atoms with van der Waals surface area (Å²) >= 11 is 0. The number of phenolic OH excluding ortho intramolecular Hbond substituents is 2. The van der Waals surface area contributed by atoms with Crippen LogP contribution < -0.4 is 0 Å². The van der Waals surface area contributed by atoms with E-state index < -0.39 is 15.7 Å². The number of phenols is 2. The van der Waals surface area contributed by atoms with Gasteiger partial charge in [0.15, 0.2) is 5.60 Å². The molecule has 0 radical (unpaired) electrons. The lowest BCUT2D eigenvalue weighted by molar-refractivity contribution is 0.179. The molecule has 1 aliphatic heterocycles. The Morgan fingerprint density at radius 1 is 0.893 bits per heavy atom. The van der Waals surface area contributed by atoms with Gasteiger partial charge in [0.2, 0.25) is 0 Å². The van der Waals surface area contributed by atoms with Crippen molar-refractivity contribution in [3.63, 3.8) is 0 Å². The molecule has 144 valence electrons. The maximum atomic E-state index is 12.9. The van der Waals surface area contributed by atoms with Gasteiger partial charge in [0.1, 0.15) is 16.4 Å². The van der Waals surface area contributed by atoms with Gasteiger partial charge in [-0.25, -0.2) is 4.18 Å². The summed E-state index contributed by atoms with van der Waals surface area (Å²) in [6.07, 6.45) is 1.46. The molecular weight excluding hydrogens is 376 g/mol. The third-order valence-electron chi connectivity index (χ3n) is 5.03. The first-order valence-electron chi connectivity index (χ1n) is 9.05. The van der Waals surface area contributed by atoms with Crippen molar-refractivity contribution in [1.82, 2.24) is 0 Å². The number of hydrogen-bond acceptors (Lipinski definition) is 5. The molecule has 3 aromatic rings. The van der Waals surface area contributed by atoms with Crippen LogP contribution in [0.2, 0.25) is 0 Å². The van der Waals surface area contributed by atoms with Crippen LogP contribution in [-0.4, -0.2) is 18.6 Å². The van der Waals surface area contributed by atoms with Gasteiger partial charge < -0.3 is 10.2 Å². The van der Waals surface area contributed by atoms with Crippen molar-refractivity contribution in [3.05, 3.63) is 89.0 Å². The van der Waals surface area contributed by atoms with E-state index in [0.29, 0.717) is 23.1 Å². The zero-order valence-corrected chi connectivity index (χ0v) is 16.1. The number of hydrogen-bond donors (Lipinski definition) is 2. The van der Waals surface area contributed by atoms with Gasteiger partial charge in [-0.3, -0.25) is 0 Å². The van der Waals surface area contributed by atoms with E-state index in [9.17, 15) is 18.6 Å². The van der Waals surface area contributed by atoms with E-state index in [0.717, 1.165) is 12.0 Å². The topological polar surface area (TPSA) is 83.8 Å². The first-order chi connectivity index (χ1) is 13.4. The van der Waals surface area contributed by atoms with Crippen LogP contribution in [0.5, 0.6) is 11.5 Å². The van der Waals surface area contributed by atoms with Gasteiger partial charge in [-0.05, 0) is 53.4 Å². The van der Waals surface area contributed by atoms with Gasteiger partial charge in [0, 0.05) is 5.56 Å². The van der Waals surface area contributed by atoms with Crippen molar-refractivity contribution in [1.29, 1.82) is 0 Å². The van der Waals surface area contributed by atoms with Crippen LogP contribution in [0.1, 0.15) is 35.6 Å². The molecular formula is C22H20O5S. The molecule has 1 aliphatic rings. The SMILES string of the molecule is CCCc1cc(O)ccc1C1(c2ccc(O)cc2)OS(=O)(=O)c2ccccc21. The Morgan fingerprint density at radius 3 is 2.29 bits per heavy atom. The van der Waals surface area contributed by atoms with E-state index in [1.807, 2.05) is 6.92 Å². The lowest BCUT2D eigenvalue weighted by atomic mass is 9.77. The standard InChI is InChI=1S/C22H20O5S/c1-2-5-15-14-18(24)12-13-19(15)22(16-8-10-17(23)11-9-16)20-6-3-4-7-21(20)28(25,26)27-22/h3-4,6-14,23-24H,2,5H2,1H3. The van der Waals surface area contributed by atoms with Crippen LogP contribution in [0.4, 0.5) is 0 Å². The van der Waals surface area contributed by atoms with Gasteiger partial charge in [-0.1, -0.05) is 49.7 Å². The van der Waals surface area contributed by atoms with Crippen LogP contribution in [-0.2, 0) is 26.3 Å². The Bertz CT molecular complexity index is 1140. The summed E-state index contributed by atoms with van der Waals surface area (Å²) in [4.78, 5) is 0.124. The smallest absolute Gasteiger partial charge is 0.298 e. The molecule has 0 spiro atoms. The molecule has 0 saturated heterocycles. The maximum absolute atomic E-state index is 12.9. The minimum absolute atomic E-state index is 0.0764. The summed E-state index contributed by atoms with van der Waals surface area (Å²) in [5.41, 5.74) is 1.18. The fourth-order valence-electron chi connectivity index (χ4n) is 3.87. The van der Waals surface area contributed by atoms with Crippen LogP contribution in [0, 0.1) is 0 Å². The summed E-state index contributed by atoms with van der Waals surface area (Å²) in [6.45, 7) is 2.02. The molecule has 4 rings (SSSR count). The van der Waals surface area contributed by atoms with Gasteiger partial charge in [0.25, 0.3) is 10.1 Å². The van der Waals surface area contributed by atoms with Crippen molar-refractivity contribution >= 4 is 10.1 Å². The molecule has 6 heteroatoms. The molecule has 0 bridgehead atoms. The molecule has 1 unspecified atom stereocenters. The highest BCUT2D eigenvalue weighted by molar-refractivity contribution is 7.87. The summed E-state index contributed by atoms with van der Waals surface area (Å²) in [5, 5.41) is 19.7. The van der Waals surface area contributed by atoms with E-state index >= 15 is 0 Å². The van der Waals surface area contributed by atoms with Crippen molar-refractivity contribution < 1.29 is 22.8 Å². The van der Waals surface area contributed by atoms with Crippen molar-refractivity contribution in [2.24, 2.45) is 0 Å². The largest absolute Gasteiger partial charge is 0.508 e. The average Bonchev–Trinajstić information content (AvgIpc) is 2.91. The quantitative estimate of drug-likeness (QED) is 0.650. The maximum Gasteiger partial charge on any atom is 0.298 e. The van der Waals surface area contributed by atoms with Gasteiger partial charge in [-0.2, -0.15) is 8.42 Å². The number of benzene rings is 3. The van der Waals surface area contributed by atoms with E-state index in [-0.39, 0.29) is 16.4 Å². The van der Waals surface area contributed by atoms with Gasteiger partial charge in [-0.15, -0.1) is 0 Å². The molecule has 1 atom stereocenters. The van der Waals surface area contributed by atoms with Crippen LogP contribution >= 0.6 is 0 Å². The monoisotopic (exact) mass is 396 g/mol. The lowest BCUT2D eigenvalue weighted by Gasteiger charge is -2.31. The average molecular weight is 396 g/mol. The number of rotatable bonds is 4. The highest BCUT2D eigenvalue weighted by Crippen LogP contribution is 2.51. The minimum Gasteiger partial charge on any atom is -0.508 e. The summed E-state index contributed by atoms with van der Waals surface area (Å²) in [7, 11) is -3.99. The summed E-state index contributed by atoms with van der Waals surface area (Å²) in [5.74, 6) is 0.190. The molecule has 0 amide bonds. The summed E-state index contributed by atoms with van der Waals surface area (Å²) < 4.78 is 31.6. The Morgan fingerprint density at radius 2 is 1.57 bits per heavy atom. The molecule has 0 aromatic heterocycles. The molecule has 0 aliphatic carbocycles. The van der Waals surface area contributed by atoms with Crippen LogP contribution in [0.25, 0.3) is 0 Å². The minimum atomic E-state index is -3.99. The Kier molecular flexibility index (Phi) is 4.40. The third-order valence-corrected chi connectivity index (χ3v) is 6.40. The van der Waals surface area contributed by atoms with Crippen LogP contribution in [0.3, 0.4) is 0 Å². The van der Waals surface area contributed by atoms with Gasteiger partial charge >= 0.3 is 0 Å². The fourth-order valence-corrected chi connectivity index (χ4v) is 5.30. The second kappa shape index (κ2) is 6.65. The highest BCUT2D eigenvalue weighted by atomic mass is 32.2. The molecule has 0 fully saturated rings.